The number of fused-ring (bicyclic) bond motifs is 3. The molecular formula is C21H23ClN4O4S. The summed E-state index contributed by atoms with van der Waals surface area (Å²) in [7, 11) is -2.32. The van der Waals surface area contributed by atoms with Crippen LogP contribution in [-0.4, -0.2) is 48.4 Å². The lowest BCUT2D eigenvalue weighted by molar-refractivity contribution is 0.0988. The Bertz CT molecular complexity index is 1210. The van der Waals surface area contributed by atoms with Gasteiger partial charge in [-0.05, 0) is 43.2 Å². The number of aryl methyl sites for hydroxylation is 1. The molecule has 31 heavy (non-hydrogen) atoms. The van der Waals surface area contributed by atoms with E-state index in [1.165, 1.54) is 7.05 Å². The molecule has 4 rings (SSSR count). The Hall–Kier alpha value is -2.65. The minimum absolute atomic E-state index is 0.0512. The van der Waals surface area contributed by atoms with Crippen LogP contribution in [0, 0.1) is 6.92 Å². The summed E-state index contributed by atoms with van der Waals surface area (Å²) in [4.78, 5) is 21.5. The number of ether oxygens (including phenoxy) is 1. The number of nitrogens with zero attached hydrogens (tertiary/aromatic N) is 3. The predicted molar refractivity (Wildman–Crippen MR) is 118 cm³/mol. The third kappa shape index (κ3) is 3.55. The fourth-order valence-electron chi connectivity index (χ4n) is 4.15. The number of guanidine groups is 1. The molecule has 3 heterocycles. The summed E-state index contributed by atoms with van der Waals surface area (Å²) in [5.41, 5.74) is 7.15. The summed E-state index contributed by atoms with van der Waals surface area (Å²) in [5.74, 6) is 0.216. The molecule has 0 saturated carbocycles. The van der Waals surface area contributed by atoms with Crippen LogP contribution in [0.3, 0.4) is 0 Å². The Morgan fingerprint density at radius 2 is 2.13 bits per heavy atom. The molecule has 8 nitrogen and oxygen atoms in total. The first-order valence-electron chi connectivity index (χ1n) is 9.78. The molecule has 1 aromatic heterocycles. The monoisotopic (exact) mass is 462 g/mol. The van der Waals surface area contributed by atoms with Crippen molar-refractivity contribution >= 4 is 33.4 Å². The van der Waals surface area contributed by atoms with Gasteiger partial charge >= 0.3 is 0 Å². The summed E-state index contributed by atoms with van der Waals surface area (Å²) >= 11 is 6.20. The van der Waals surface area contributed by atoms with Crippen LogP contribution >= 0.6 is 11.6 Å². The number of aliphatic imine (C=N–C) groups is 1. The van der Waals surface area contributed by atoms with Gasteiger partial charge in [-0.2, -0.15) is 0 Å². The number of nitrogens with two attached hydrogens (primary N) is 1. The van der Waals surface area contributed by atoms with E-state index < -0.39 is 20.8 Å². The molecule has 0 bridgehead atoms. The average molecular weight is 463 g/mol. The van der Waals surface area contributed by atoms with Crippen molar-refractivity contribution in [3.8, 4) is 5.75 Å². The average Bonchev–Trinajstić information content (AvgIpc) is 2.83. The highest BCUT2D eigenvalue weighted by atomic mass is 35.5. The molecule has 2 N–H and O–H groups in total. The van der Waals surface area contributed by atoms with E-state index in [9.17, 15) is 13.2 Å². The molecule has 2 aromatic rings. The number of hydrogen-bond donors (Lipinski definition) is 1. The van der Waals surface area contributed by atoms with Gasteiger partial charge in [0.15, 0.2) is 5.78 Å². The number of hydrogen-bond acceptors (Lipinski definition) is 7. The van der Waals surface area contributed by atoms with E-state index in [2.05, 4.69) is 9.98 Å². The Labute approximate surface area is 186 Å². The zero-order valence-corrected chi connectivity index (χ0v) is 19.0. The van der Waals surface area contributed by atoms with Crippen LogP contribution in [0.15, 0.2) is 35.5 Å². The lowest BCUT2D eigenvalue weighted by atomic mass is 9.85. The number of halogens is 1. The predicted octanol–water partition coefficient (Wildman–Crippen LogP) is 2.43. The molecule has 0 spiro atoms. The van der Waals surface area contributed by atoms with Gasteiger partial charge in [-0.3, -0.25) is 9.78 Å². The minimum Gasteiger partial charge on any atom is -0.493 e. The van der Waals surface area contributed by atoms with Crippen LogP contribution in [0.2, 0.25) is 5.02 Å². The van der Waals surface area contributed by atoms with Gasteiger partial charge in [0.2, 0.25) is 16.0 Å². The summed E-state index contributed by atoms with van der Waals surface area (Å²) < 4.78 is 33.0. The molecule has 1 aromatic carbocycles. The molecule has 2 aliphatic rings. The molecule has 2 atom stereocenters. The molecule has 2 aliphatic heterocycles. The number of rotatable bonds is 3. The lowest BCUT2D eigenvalue weighted by Crippen LogP contribution is -2.56. The molecule has 10 heteroatoms. The summed E-state index contributed by atoms with van der Waals surface area (Å²) in [6, 6.07) is 6.98. The van der Waals surface area contributed by atoms with Crippen molar-refractivity contribution in [1.29, 1.82) is 0 Å². The van der Waals surface area contributed by atoms with Gasteiger partial charge in [-0.25, -0.2) is 17.7 Å². The van der Waals surface area contributed by atoms with Crippen molar-refractivity contribution in [3.05, 3.63) is 57.9 Å². The van der Waals surface area contributed by atoms with Crippen LogP contribution < -0.4 is 10.5 Å². The maximum absolute atomic E-state index is 13.1. The van der Waals surface area contributed by atoms with Crippen molar-refractivity contribution in [3.63, 3.8) is 0 Å². The van der Waals surface area contributed by atoms with E-state index in [0.717, 1.165) is 9.87 Å². The van der Waals surface area contributed by atoms with Crippen LogP contribution in [0.1, 0.15) is 40.5 Å². The second-order valence-corrected chi connectivity index (χ2v) is 10.6. The highest BCUT2D eigenvalue weighted by molar-refractivity contribution is 7.90. The van der Waals surface area contributed by atoms with E-state index in [-0.39, 0.29) is 36.9 Å². The number of carbonyl (C=O) groups is 1. The molecule has 0 radical (unpaired) electrons. The summed E-state index contributed by atoms with van der Waals surface area (Å²) in [5, 5.41) is -0.536. The first kappa shape index (κ1) is 21.6. The van der Waals surface area contributed by atoms with Crippen molar-refractivity contribution < 1.29 is 17.9 Å². The number of carbonyl (C=O) groups excluding carboxylic acids is 1. The highest BCUT2D eigenvalue weighted by Gasteiger charge is 2.52. The van der Waals surface area contributed by atoms with Crippen molar-refractivity contribution in [2.75, 3.05) is 13.7 Å². The molecule has 0 aliphatic carbocycles. The fourth-order valence-corrected chi connectivity index (χ4v) is 6.31. The molecular weight excluding hydrogens is 440 g/mol. The number of ketones is 1. The van der Waals surface area contributed by atoms with Crippen LogP contribution in [0.4, 0.5) is 0 Å². The van der Waals surface area contributed by atoms with E-state index in [1.54, 1.807) is 37.4 Å². The smallest absolute Gasteiger partial charge is 0.242 e. The topological polar surface area (TPSA) is 115 Å². The van der Waals surface area contributed by atoms with Crippen molar-refractivity contribution in [2.45, 2.75) is 37.5 Å². The van der Waals surface area contributed by atoms with Gasteiger partial charge in [0.25, 0.3) is 0 Å². The van der Waals surface area contributed by atoms with Gasteiger partial charge in [-0.1, -0.05) is 17.7 Å². The molecule has 0 fully saturated rings. The van der Waals surface area contributed by atoms with Crippen molar-refractivity contribution in [1.82, 2.24) is 9.29 Å². The van der Waals surface area contributed by atoms with Gasteiger partial charge in [0.1, 0.15) is 22.2 Å². The molecule has 164 valence electrons. The van der Waals surface area contributed by atoms with Crippen LogP contribution in [0.25, 0.3) is 0 Å². The number of pyridine rings is 1. The Morgan fingerprint density at radius 1 is 1.39 bits per heavy atom. The third-order valence-corrected chi connectivity index (χ3v) is 8.52. The van der Waals surface area contributed by atoms with Crippen molar-refractivity contribution in [2.24, 2.45) is 10.7 Å². The van der Waals surface area contributed by atoms with Gasteiger partial charge < -0.3 is 10.5 Å². The van der Waals surface area contributed by atoms with E-state index in [1.807, 2.05) is 6.92 Å². The summed E-state index contributed by atoms with van der Waals surface area (Å²) in [6.45, 7) is 3.82. The Kier molecular flexibility index (Phi) is 5.21. The molecule has 0 unspecified atom stereocenters. The quantitative estimate of drug-likeness (QED) is 0.700. The summed E-state index contributed by atoms with van der Waals surface area (Å²) in [6.07, 6.45) is 1.91. The molecule has 0 saturated heterocycles. The minimum atomic E-state index is -3.72. The number of Topliss-reactive ketones (excluding diaryl/α,β-unsaturated/α-hetero) is 1. The maximum Gasteiger partial charge on any atom is 0.242 e. The second kappa shape index (κ2) is 7.49. The van der Waals surface area contributed by atoms with Gasteiger partial charge in [-0.15, -0.1) is 0 Å². The zero-order valence-electron chi connectivity index (χ0n) is 17.4. The SMILES string of the molecule is Cc1cnc(C(=O)Cc2ccc3c(c2)[C@@]2(C)N=C(N)N(C)S(=O)(=O)[C@H]2CCO3)c(Cl)c1. The van der Waals surface area contributed by atoms with Crippen LogP contribution in [0.5, 0.6) is 5.75 Å². The zero-order chi connectivity index (χ0) is 22.6. The highest BCUT2D eigenvalue weighted by Crippen LogP contribution is 2.45. The molecule has 0 amide bonds. The first-order chi connectivity index (χ1) is 14.5. The normalized spacial score (nSPS) is 24.3. The number of aromatic nitrogens is 1. The Balaban J connectivity index is 1.76. The number of sulfonamides is 1. The van der Waals surface area contributed by atoms with E-state index in [0.29, 0.717) is 21.9 Å². The van der Waals surface area contributed by atoms with Gasteiger partial charge in [0.05, 0.1) is 11.6 Å². The largest absolute Gasteiger partial charge is 0.493 e. The Morgan fingerprint density at radius 3 is 2.84 bits per heavy atom. The third-order valence-electron chi connectivity index (χ3n) is 5.87. The maximum atomic E-state index is 13.1. The lowest BCUT2D eigenvalue weighted by Gasteiger charge is -2.40. The van der Waals surface area contributed by atoms with Crippen LogP contribution in [-0.2, 0) is 22.0 Å². The van der Waals surface area contributed by atoms with E-state index >= 15 is 0 Å². The van der Waals surface area contributed by atoms with Gasteiger partial charge in [0, 0.05) is 31.6 Å². The standard InChI is InChI=1S/C21H23ClN4O4S/c1-12-8-15(22)19(24-11-12)16(27)10-13-4-5-17-14(9-13)21(2)18(6-7-30-17)31(28,29)26(3)20(23)25-21/h4-5,8-9,11,18H,6-7,10H2,1-3H3,(H2,23,25)/t18-,21+/m0/s1. The fraction of sp³-hybridized carbons (Fsp3) is 0.381. The first-order valence-corrected chi connectivity index (χ1v) is 11.7. The van der Waals surface area contributed by atoms with E-state index in [4.69, 9.17) is 22.1 Å². The second-order valence-electron chi connectivity index (χ2n) is 8.03. The number of benzene rings is 1.